The van der Waals surface area contributed by atoms with Crippen LogP contribution in [0.2, 0.25) is 0 Å². The maximum absolute atomic E-state index is 4.10. The van der Waals surface area contributed by atoms with Gasteiger partial charge in [0.1, 0.15) is 6.17 Å². The van der Waals surface area contributed by atoms with Gasteiger partial charge in [0.2, 0.25) is 0 Å². The predicted octanol–water partition coefficient (Wildman–Crippen LogP) is 6.54. The summed E-state index contributed by atoms with van der Waals surface area (Å²) in [7, 11) is 0. The highest BCUT2D eigenvalue weighted by Crippen LogP contribution is 2.53. The smallest absolute Gasteiger partial charge is 0.103 e. The van der Waals surface area contributed by atoms with Crippen LogP contribution in [0.25, 0.3) is 27.6 Å². The van der Waals surface area contributed by atoms with E-state index < -0.39 is 0 Å². The van der Waals surface area contributed by atoms with Crippen molar-refractivity contribution in [2.45, 2.75) is 31.7 Å². The van der Waals surface area contributed by atoms with Crippen LogP contribution in [0.15, 0.2) is 146 Å². The Balaban J connectivity index is 1.32. The Hall–Kier alpha value is -4.86. The summed E-state index contributed by atoms with van der Waals surface area (Å²) in [5, 5.41) is 13.3. The zero-order chi connectivity index (χ0) is 29.3. The van der Waals surface area contributed by atoms with Crippen LogP contribution in [0.1, 0.15) is 24.5 Å². The Morgan fingerprint density at radius 3 is 2.55 bits per heavy atom. The second-order valence-corrected chi connectivity index (χ2v) is 12.8. The number of anilines is 1. The molecule has 2 heterocycles. The zero-order valence-corrected chi connectivity index (χ0v) is 24.8. The summed E-state index contributed by atoms with van der Waals surface area (Å²) in [5.41, 5.74) is 7.65. The first-order valence-electron chi connectivity index (χ1n) is 15.8. The monoisotopic (exact) mass is 569 g/mol. The lowest BCUT2D eigenvalue weighted by Gasteiger charge is -2.49. The van der Waals surface area contributed by atoms with Crippen molar-refractivity contribution in [2.24, 2.45) is 11.3 Å². The van der Waals surface area contributed by atoms with Gasteiger partial charge >= 0.3 is 0 Å². The number of nitrogens with one attached hydrogen (secondary N) is 2. The minimum atomic E-state index is -0.213. The van der Waals surface area contributed by atoms with Gasteiger partial charge in [0, 0.05) is 28.3 Å². The average molecular weight is 570 g/mol. The zero-order valence-electron chi connectivity index (χ0n) is 24.8. The Morgan fingerprint density at radius 2 is 1.66 bits per heavy atom. The van der Waals surface area contributed by atoms with E-state index >= 15 is 0 Å². The van der Waals surface area contributed by atoms with Crippen molar-refractivity contribution in [3.8, 4) is 0 Å². The number of rotatable bonds is 3. The van der Waals surface area contributed by atoms with Gasteiger partial charge in [0.15, 0.2) is 0 Å². The van der Waals surface area contributed by atoms with E-state index in [4.69, 9.17) is 0 Å². The molecular weight excluding hydrogens is 534 g/mol. The summed E-state index contributed by atoms with van der Waals surface area (Å²) >= 11 is 0. The van der Waals surface area contributed by atoms with Crippen LogP contribution in [0.5, 0.6) is 0 Å². The molecule has 0 saturated carbocycles. The molecule has 0 spiro atoms. The van der Waals surface area contributed by atoms with E-state index in [-0.39, 0.29) is 23.8 Å². The second-order valence-electron chi connectivity index (χ2n) is 12.8. The van der Waals surface area contributed by atoms with Gasteiger partial charge in [0.25, 0.3) is 0 Å². The molecule has 5 aliphatic rings. The van der Waals surface area contributed by atoms with Gasteiger partial charge < -0.3 is 10.2 Å². The van der Waals surface area contributed by atoms with Crippen LogP contribution in [0.4, 0.5) is 5.69 Å². The normalized spacial score (nSPS) is 27.8. The van der Waals surface area contributed by atoms with Gasteiger partial charge in [-0.15, -0.1) is 0 Å². The minimum Gasteiger partial charge on any atom is -0.369 e. The van der Waals surface area contributed by atoms with Crippen molar-refractivity contribution in [1.82, 2.24) is 10.6 Å². The Kier molecular flexibility index (Phi) is 5.73. The van der Waals surface area contributed by atoms with E-state index in [1.165, 1.54) is 54.9 Å². The molecule has 0 radical (unpaired) electrons. The van der Waals surface area contributed by atoms with Crippen LogP contribution in [0, 0.1) is 11.3 Å². The molecule has 5 unspecified atom stereocenters. The van der Waals surface area contributed by atoms with E-state index in [1.54, 1.807) is 0 Å². The van der Waals surface area contributed by atoms with Gasteiger partial charge in [-0.25, -0.2) is 0 Å². The molecule has 5 atom stereocenters. The van der Waals surface area contributed by atoms with Crippen LogP contribution >= 0.6 is 0 Å². The topological polar surface area (TPSA) is 27.3 Å². The molecule has 3 heteroatoms. The molecule has 214 valence electrons. The number of hydrogen-bond donors (Lipinski definition) is 2. The highest BCUT2D eigenvalue weighted by molar-refractivity contribution is 5.98. The fourth-order valence-electron chi connectivity index (χ4n) is 8.29. The highest BCUT2D eigenvalue weighted by atomic mass is 15.4. The number of nitrogens with zero attached hydrogens (tertiary/aromatic N) is 1. The Bertz CT molecular complexity index is 2100. The summed E-state index contributed by atoms with van der Waals surface area (Å²) in [5.74, 6) is 0.349. The maximum atomic E-state index is 4.10. The largest absolute Gasteiger partial charge is 0.369 e. The number of para-hydroxylation sites is 1. The molecule has 2 N–H and O–H groups in total. The molecule has 0 fully saturated rings. The van der Waals surface area contributed by atoms with Crippen molar-refractivity contribution in [3.63, 3.8) is 0 Å². The summed E-state index contributed by atoms with van der Waals surface area (Å²) < 4.78 is 0. The predicted molar refractivity (Wildman–Crippen MR) is 183 cm³/mol. The van der Waals surface area contributed by atoms with Gasteiger partial charge in [-0.3, -0.25) is 5.32 Å². The first kappa shape index (κ1) is 25.6. The standard InChI is InChI=1S/C41H35N3/c1-41-25-13-12-21-33(41)31-24-23-27-14-8-9-19-30(27)37(31)38-32-20-10-11-22-35(32)44(39(38)41)36-26-34(28-15-4-2-5-16-28)42-40(43-36)29-17-6-3-7-18-29/h2-17,19-26,29,36,39-40,42-43H,18H2,1H3. The van der Waals surface area contributed by atoms with Gasteiger partial charge in [-0.2, -0.15) is 0 Å². The molecule has 4 aromatic carbocycles. The third-order valence-corrected chi connectivity index (χ3v) is 10.3. The van der Waals surface area contributed by atoms with Crippen molar-refractivity contribution >= 4 is 33.3 Å². The molecular formula is C41H35N3. The van der Waals surface area contributed by atoms with E-state index in [0.29, 0.717) is 5.92 Å². The van der Waals surface area contributed by atoms with E-state index in [2.05, 4.69) is 168 Å². The van der Waals surface area contributed by atoms with E-state index in [1.807, 2.05) is 0 Å². The molecule has 2 aliphatic heterocycles. The molecule has 3 nitrogen and oxygen atoms in total. The SMILES string of the molecule is CC12C=CC=CC1=c1ccc3ccccc3c1=C1c3ccccc3N(C3C=C(c4ccccc4)NC(C4C=CC=CC4)N3)C12. The van der Waals surface area contributed by atoms with Crippen molar-refractivity contribution in [2.75, 3.05) is 4.90 Å². The summed E-state index contributed by atoms with van der Waals surface area (Å²) in [6.07, 6.45) is 21.7. The van der Waals surface area contributed by atoms with Crippen LogP contribution in [0.3, 0.4) is 0 Å². The second kappa shape index (κ2) is 9.83. The van der Waals surface area contributed by atoms with Crippen LogP contribution < -0.4 is 26.0 Å². The Morgan fingerprint density at radius 1 is 0.818 bits per heavy atom. The average Bonchev–Trinajstić information content (AvgIpc) is 3.45. The van der Waals surface area contributed by atoms with Gasteiger partial charge in [0.05, 0.1) is 12.2 Å². The van der Waals surface area contributed by atoms with Crippen molar-refractivity contribution in [1.29, 1.82) is 0 Å². The highest BCUT2D eigenvalue weighted by Gasteiger charge is 2.51. The number of hydrogen-bond acceptors (Lipinski definition) is 3. The molecule has 0 bridgehead atoms. The number of fused-ring (bicyclic) bond motifs is 8. The first-order valence-corrected chi connectivity index (χ1v) is 15.8. The van der Waals surface area contributed by atoms with Crippen LogP contribution in [-0.4, -0.2) is 18.4 Å². The molecule has 4 aromatic rings. The lowest BCUT2D eigenvalue weighted by atomic mass is 9.66. The summed E-state index contributed by atoms with van der Waals surface area (Å²) in [6, 6.07) is 33.5. The Labute approximate surface area is 258 Å². The lowest BCUT2D eigenvalue weighted by Crippen LogP contribution is -2.63. The quantitative estimate of drug-likeness (QED) is 0.293. The molecule has 0 amide bonds. The fraction of sp³-hybridized carbons (Fsp3) is 0.171. The molecule has 3 aliphatic carbocycles. The minimum absolute atomic E-state index is 0.0201. The van der Waals surface area contributed by atoms with Gasteiger partial charge in [-0.1, -0.05) is 134 Å². The lowest BCUT2D eigenvalue weighted by molar-refractivity contribution is 0.322. The summed E-state index contributed by atoms with van der Waals surface area (Å²) in [6.45, 7) is 2.44. The summed E-state index contributed by atoms with van der Waals surface area (Å²) in [4.78, 5) is 2.69. The molecule has 0 saturated heterocycles. The number of allylic oxidation sites excluding steroid dienone is 6. The fourth-order valence-corrected chi connectivity index (χ4v) is 8.29. The van der Waals surface area contributed by atoms with E-state index in [0.717, 1.165) is 6.42 Å². The van der Waals surface area contributed by atoms with Crippen molar-refractivity contribution < 1.29 is 0 Å². The third-order valence-electron chi connectivity index (χ3n) is 10.3. The molecule has 0 aromatic heterocycles. The van der Waals surface area contributed by atoms with Crippen molar-refractivity contribution in [3.05, 3.63) is 167 Å². The van der Waals surface area contributed by atoms with Crippen LogP contribution in [-0.2, 0) is 0 Å². The molecule has 9 rings (SSSR count). The molecule has 44 heavy (non-hydrogen) atoms. The first-order chi connectivity index (χ1) is 21.7. The van der Waals surface area contributed by atoms with Gasteiger partial charge in [-0.05, 0) is 63.4 Å². The third kappa shape index (κ3) is 3.72. The van der Waals surface area contributed by atoms with E-state index in [9.17, 15) is 0 Å². The maximum Gasteiger partial charge on any atom is 0.103 e. The number of benzene rings is 4.